The molecule has 0 bridgehead atoms. The third kappa shape index (κ3) is 2.69. The predicted molar refractivity (Wildman–Crippen MR) is 96.8 cm³/mol. The number of hydrogen-bond donors (Lipinski definition) is 1. The minimum absolute atomic E-state index is 0.00693. The van der Waals surface area contributed by atoms with Crippen molar-refractivity contribution in [1.82, 2.24) is 10.2 Å². The number of nitrogens with zero attached hydrogens (tertiary/aromatic N) is 1. The van der Waals surface area contributed by atoms with Crippen LogP contribution in [0.5, 0.6) is 0 Å². The van der Waals surface area contributed by atoms with Gasteiger partial charge in [0.1, 0.15) is 6.04 Å². The first-order valence-electron chi connectivity index (χ1n) is 8.83. The molecule has 2 aromatic carbocycles. The number of hydrogen-bond acceptors (Lipinski definition) is 3. The molecule has 0 spiro atoms. The Morgan fingerprint density at radius 1 is 1.12 bits per heavy atom. The molecule has 1 N–H and O–H groups in total. The van der Waals surface area contributed by atoms with Crippen molar-refractivity contribution in [2.45, 2.75) is 25.3 Å². The number of amides is 2. The molecule has 132 valence electrons. The van der Waals surface area contributed by atoms with E-state index in [2.05, 4.69) is 5.32 Å². The third-order valence-electron chi connectivity index (χ3n) is 5.18. The first-order valence-corrected chi connectivity index (χ1v) is 8.83. The van der Waals surface area contributed by atoms with Crippen molar-refractivity contribution in [2.75, 3.05) is 13.1 Å². The average Bonchev–Trinajstić information content (AvgIpc) is 2.98. The summed E-state index contributed by atoms with van der Waals surface area (Å²) in [5.41, 5.74) is 3.23. The summed E-state index contributed by atoms with van der Waals surface area (Å²) in [6.45, 7) is 2.83. The Morgan fingerprint density at radius 2 is 1.92 bits per heavy atom. The topological polar surface area (TPSA) is 66.5 Å². The van der Waals surface area contributed by atoms with Crippen LogP contribution in [0.1, 0.15) is 45.4 Å². The molecule has 1 saturated heterocycles. The Kier molecular flexibility index (Phi) is 4.07. The number of carbonyl (C=O) groups is 3. The first-order chi connectivity index (χ1) is 12.6. The molecule has 0 radical (unpaired) electrons. The van der Waals surface area contributed by atoms with E-state index in [1.165, 1.54) is 0 Å². The molecular formula is C21H20N2O3. The monoisotopic (exact) mass is 348 g/mol. The zero-order valence-electron chi connectivity index (χ0n) is 14.6. The van der Waals surface area contributed by atoms with Crippen LogP contribution < -0.4 is 5.32 Å². The van der Waals surface area contributed by atoms with Gasteiger partial charge in [-0.25, -0.2) is 0 Å². The van der Waals surface area contributed by atoms with E-state index in [9.17, 15) is 14.4 Å². The van der Waals surface area contributed by atoms with Crippen LogP contribution in [0.4, 0.5) is 0 Å². The summed E-state index contributed by atoms with van der Waals surface area (Å²) in [6.07, 6.45) is 0.177. The van der Waals surface area contributed by atoms with E-state index in [4.69, 9.17) is 0 Å². The fraction of sp³-hybridized carbons (Fsp3) is 0.286. The van der Waals surface area contributed by atoms with E-state index in [1.54, 1.807) is 11.0 Å². The fourth-order valence-corrected chi connectivity index (χ4v) is 3.96. The number of Topliss-reactive ketones (excluding diaryl/α,β-unsaturated/α-hetero) is 1. The van der Waals surface area contributed by atoms with E-state index in [1.807, 2.05) is 49.4 Å². The lowest BCUT2D eigenvalue weighted by Gasteiger charge is -2.37. The van der Waals surface area contributed by atoms with Crippen LogP contribution in [0.15, 0.2) is 48.5 Å². The summed E-state index contributed by atoms with van der Waals surface area (Å²) in [5, 5.41) is 2.85. The van der Waals surface area contributed by atoms with E-state index in [0.29, 0.717) is 18.7 Å². The number of rotatable bonds is 2. The van der Waals surface area contributed by atoms with Gasteiger partial charge in [0.15, 0.2) is 5.78 Å². The van der Waals surface area contributed by atoms with Crippen molar-refractivity contribution in [1.29, 1.82) is 0 Å². The van der Waals surface area contributed by atoms with Gasteiger partial charge in [0.05, 0.1) is 5.92 Å². The fourth-order valence-electron chi connectivity index (χ4n) is 3.96. The normalized spacial score (nSPS) is 22.1. The smallest absolute Gasteiger partial charge is 0.247 e. The molecule has 0 saturated carbocycles. The van der Waals surface area contributed by atoms with Crippen LogP contribution in [0.3, 0.4) is 0 Å². The summed E-state index contributed by atoms with van der Waals surface area (Å²) in [5.74, 6) is -0.832. The van der Waals surface area contributed by atoms with Crippen LogP contribution >= 0.6 is 0 Å². The van der Waals surface area contributed by atoms with Gasteiger partial charge in [0.25, 0.3) is 0 Å². The molecule has 4 rings (SSSR count). The second-order valence-electron chi connectivity index (χ2n) is 6.91. The van der Waals surface area contributed by atoms with Gasteiger partial charge in [0, 0.05) is 25.1 Å². The highest BCUT2D eigenvalue weighted by Gasteiger charge is 2.41. The molecule has 1 aliphatic carbocycles. The van der Waals surface area contributed by atoms with Gasteiger partial charge in [-0.05, 0) is 18.1 Å². The highest BCUT2D eigenvalue weighted by atomic mass is 16.2. The SMILES string of the molecule is Cc1cccc(C2C(=O)NCCN2C(=O)C2CC(=O)c3ccccc32)c1. The number of aryl methyl sites for hydroxylation is 1. The molecule has 5 heteroatoms. The summed E-state index contributed by atoms with van der Waals surface area (Å²) in [4.78, 5) is 39.8. The molecule has 1 fully saturated rings. The average molecular weight is 348 g/mol. The lowest BCUT2D eigenvalue weighted by Crippen LogP contribution is -2.53. The molecule has 2 aliphatic rings. The third-order valence-corrected chi connectivity index (χ3v) is 5.18. The van der Waals surface area contributed by atoms with Crippen LogP contribution in [-0.2, 0) is 9.59 Å². The van der Waals surface area contributed by atoms with E-state index >= 15 is 0 Å². The summed E-state index contributed by atoms with van der Waals surface area (Å²) in [6, 6.07) is 14.3. The molecule has 26 heavy (non-hydrogen) atoms. The maximum Gasteiger partial charge on any atom is 0.247 e. The maximum atomic E-state index is 13.3. The molecule has 2 amide bonds. The Balaban J connectivity index is 1.70. The van der Waals surface area contributed by atoms with Gasteiger partial charge in [-0.1, -0.05) is 54.1 Å². The summed E-state index contributed by atoms with van der Waals surface area (Å²) < 4.78 is 0. The van der Waals surface area contributed by atoms with E-state index in [0.717, 1.165) is 16.7 Å². The van der Waals surface area contributed by atoms with E-state index < -0.39 is 12.0 Å². The van der Waals surface area contributed by atoms with Crippen molar-refractivity contribution < 1.29 is 14.4 Å². The van der Waals surface area contributed by atoms with Crippen molar-refractivity contribution >= 4 is 17.6 Å². The Labute approximate surface area is 152 Å². The van der Waals surface area contributed by atoms with Gasteiger partial charge in [-0.3, -0.25) is 14.4 Å². The zero-order chi connectivity index (χ0) is 18.3. The van der Waals surface area contributed by atoms with Gasteiger partial charge < -0.3 is 10.2 Å². The standard InChI is InChI=1S/C21H20N2O3/c1-13-5-4-6-14(11-13)19-20(25)22-9-10-23(19)21(26)17-12-18(24)16-8-3-2-7-15(16)17/h2-8,11,17,19H,9-10,12H2,1H3,(H,22,25). The lowest BCUT2D eigenvalue weighted by molar-refractivity contribution is -0.144. The van der Waals surface area contributed by atoms with Gasteiger partial charge in [-0.2, -0.15) is 0 Å². The number of piperazine rings is 1. The number of nitrogens with one attached hydrogen (secondary N) is 1. The summed E-state index contributed by atoms with van der Waals surface area (Å²) >= 11 is 0. The zero-order valence-corrected chi connectivity index (χ0v) is 14.6. The van der Waals surface area contributed by atoms with Crippen molar-refractivity contribution in [3.63, 3.8) is 0 Å². The number of carbonyl (C=O) groups excluding carboxylic acids is 3. The molecule has 2 aromatic rings. The highest BCUT2D eigenvalue weighted by molar-refractivity contribution is 6.07. The minimum Gasteiger partial charge on any atom is -0.352 e. The number of ketones is 1. The molecule has 1 heterocycles. The van der Waals surface area contributed by atoms with Gasteiger partial charge >= 0.3 is 0 Å². The van der Waals surface area contributed by atoms with Crippen LogP contribution in [0.2, 0.25) is 0 Å². The second kappa shape index (κ2) is 6.41. The molecule has 0 aromatic heterocycles. The number of fused-ring (bicyclic) bond motifs is 1. The number of benzene rings is 2. The van der Waals surface area contributed by atoms with Crippen molar-refractivity contribution in [2.24, 2.45) is 0 Å². The highest BCUT2D eigenvalue weighted by Crippen LogP contribution is 2.36. The lowest BCUT2D eigenvalue weighted by atomic mass is 9.95. The summed E-state index contributed by atoms with van der Waals surface area (Å²) in [7, 11) is 0. The first kappa shape index (κ1) is 16.5. The Bertz CT molecular complexity index is 906. The Hall–Kier alpha value is -2.95. The van der Waals surface area contributed by atoms with Crippen LogP contribution in [0, 0.1) is 6.92 Å². The predicted octanol–water partition coefficient (Wildman–Crippen LogP) is 2.36. The largest absolute Gasteiger partial charge is 0.352 e. The molecule has 1 aliphatic heterocycles. The van der Waals surface area contributed by atoms with Crippen LogP contribution in [-0.4, -0.2) is 35.6 Å². The molecule has 5 nitrogen and oxygen atoms in total. The molecule has 2 unspecified atom stereocenters. The van der Waals surface area contributed by atoms with Gasteiger partial charge in [-0.15, -0.1) is 0 Å². The quantitative estimate of drug-likeness (QED) is 0.906. The maximum absolute atomic E-state index is 13.3. The molecule has 2 atom stereocenters. The Morgan fingerprint density at radius 3 is 2.73 bits per heavy atom. The van der Waals surface area contributed by atoms with Gasteiger partial charge in [0.2, 0.25) is 11.8 Å². The van der Waals surface area contributed by atoms with Crippen LogP contribution in [0.25, 0.3) is 0 Å². The molecular weight excluding hydrogens is 328 g/mol. The van der Waals surface area contributed by atoms with Crippen molar-refractivity contribution in [3.05, 3.63) is 70.8 Å². The van der Waals surface area contributed by atoms with Crippen molar-refractivity contribution in [3.8, 4) is 0 Å². The van der Waals surface area contributed by atoms with E-state index in [-0.39, 0.29) is 24.0 Å². The minimum atomic E-state index is -0.654. The second-order valence-corrected chi connectivity index (χ2v) is 6.91.